The number of halogens is 4. The summed E-state index contributed by atoms with van der Waals surface area (Å²) in [7, 11) is 0. The van der Waals surface area contributed by atoms with Crippen molar-refractivity contribution in [1.29, 1.82) is 0 Å². The maximum Gasteiger partial charge on any atom is 0.193 e. The minimum Gasteiger partial charge on any atom is -0.291 e. The summed E-state index contributed by atoms with van der Waals surface area (Å²) in [4.78, 5) is 32.2. The molecule has 2 aromatic heterocycles. The van der Waals surface area contributed by atoms with Gasteiger partial charge in [-0.05, 0) is 49.9 Å². The highest BCUT2D eigenvalue weighted by atomic mass is 19.1. The minimum atomic E-state index is -0.841. The van der Waals surface area contributed by atoms with Gasteiger partial charge in [0.1, 0.15) is 59.7 Å². The molecule has 36 heavy (non-hydrogen) atoms. The lowest BCUT2D eigenvalue weighted by Gasteiger charge is -2.14. The predicted molar refractivity (Wildman–Crippen MR) is 116 cm³/mol. The van der Waals surface area contributed by atoms with E-state index in [9.17, 15) is 27.2 Å². The first-order chi connectivity index (χ1) is 17.3. The van der Waals surface area contributed by atoms with E-state index in [4.69, 9.17) is 0 Å². The van der Waals surface area contributed by atoms with Crippen molar-refractivity contribution in [1.82, 2.24) is 29.5 Å². The third kappa shape index (κ3) is 4.08. The smallest absolute Gasteiger partial charge is 0.193 e. The zero-order chi connectivity index (χ0) is 25.5. The summed E-state index contributed by atoms with van der Waals surface area (Å²) in [5, 5.41) is 7.86. The number of hydrogen-bond acceptors (Lipinski definition) is 6. The zero-order valence-corrected chi connectivity index (χ0v) is 18.6. The number of carbonyl (C=O) groups is 2. The molecule has 2 aliphatic carbocycles. The van der Waals surface area contributed by atoms with Crippen LogP contribution in [0, 0.1) is 23.3 Å². The minimum absolute atomic E-state index is 0.107. The molecule has 0 saturated heterocycles. The molecule has 0 unspecified atom stereocenters. The third-order valence-corrected chi connectivity index (χ3v) is 6.36. The molecule has 0 spiro atoms. The van der Waals surface area contributed by atoms with Gasteiger partial charge in [-0.15, -0.1) is 0 Å². The van der Waals surface area contributed by atoms with Crippen LogP contribution in [0.5, 0.6) is 0 Å². The van der Waals surface area contributed by atoms with Crippen LogP contribution in [0.15, 0.2) is 61.7 Å². The van der Waals surface area contributed by atoms with E-state index in [1.54, 1.807) is 0 Å². The van der Waals surface area contributed by atoms with E-state index in [2.05, 4.69) is 20.2 Å². The van der Waals surface area contributed by atoms with Gasteiger partial charge >= 0.3 is 0 Å². The first-order valence-electron chi connectivity index (χ1n) is 11.0. The number of carbonyl (C=O) groups excluding carboxylic acids is 2. The molecule has 0 N–H and O–H groups in total. The van der Waals surface area contributed by atoms with Crippen LogP contribution in [-0.2, 0) is 11.1 Å². The summed E-state index contributed by atoms with van der Waals surface area (Å²) in [6, 6.07) is 5.92. The maximum absolute atomic E-state index is 13.6. The van der Waals surface area contributed by atoms with Crippen molar-refractivity contribution < 1.29 is 27.2 Å². The fraction of sp³-hybridized carbons (Fsp3) is 0.250. The molecule has 8 nitrogen and oxygen atoms in total. The van der Waals surface area contributed by atoms with E-state index in [1.807, 2.05) is 0 Å². The van der Waals surface area contributed by atoms with E-state index in [-0.39, 0.29) is 22.7 Å². The van der Waals surface area contributed by atoms with Crippen LogP contribution in [0.4, 0.5) is 17.6 Å². The van der Waals surface area contributed by atoms with Crippen LogP contribution in [0.3, 0.4) is 0 Å². The normalized spacial score (nSPS) is 16.6. The molecule has 2 aromatic carbocycles. The zero-order valence-electron chi connectivity index (χ0n) is 18.6. The molecular formula is C24H18F4N6O2. The van der Waals surface area contributed by atoms with Gasteiger partial charge < -0.3 is 0 Å². The Hall–Kier alpha value is -4.22. The summed E-state index contributed by atoms with van der Waals surface area (Å²) in [5.74, 6) is -3.85. The van der Waals surface area contributed by atoms with Gasteiger partial charge in [0.25, 0.3) is 0 Å². The van der Waals surface area contributed by atoms with Gasteiger partial charge in [0.05, 0.1) is 11.1 Å². The molecule has 0 radical (unpaired) electrons. The Labute approximate surface area is 201 Å². The monoisotopic (exact) mass is 498 g/mol. The Bertz CT molecular complexity index is 1320. The van der Waals surface area contributed by atoms with E-state index in [1.165, 1.54) is 46.8 Å². The summed E-state index contributed by atoms with van der Waals surface area (Å²) in [5.41, 5.74) is -1.89. The summed E-state index contributed by atoms with van der Waals surface area (Å²) in [6.07, 6.45) is 7.89. The van der Waals surface area contributed by atoms with Crippen LogP contribution in [0.2, 0.25) is 0 Å². The second kappa shape index (κ2) is 8.77. The van der Waals surface area contributed by atoms with Gasteiger partial charge in [-0.1, -0.05) is 0 Å². The second-order valence-electron chi connectivity index (χ2n) is 8.65. The Kier molecular flexibility index (Phi) is 5.73. The van der Waals surface area contributed by atoms with Gasteiger partial charge in [-0.2, -0.15) is 10.2 Å². The van der Waals surface area contributed by atoms with Gasteiger partial charge in [0, 0.05) is 12.1 Å². The van der Waals surface area contributed by atoms with Gasteiger partial charge in [0.15, 0.2) is 11.6 Å². The summed E-state index contributed by atoms with van der Waals surface area (Å²) in [6.45, 7) is 0. The van der Waals surface area contributed by atoms with Gasteiger partial charge in [-0.3, -0.25) is 9.59 Å². The van der Waals surface area contributed by atoms with Crippen LogP contribution >= 0.6 is 0 Å². The molecule has 184 valence electrons. The highest BCUT2D eigenvalue weighted by molar-refractivity contribution is 6.04. The number of ketones is 2. The first kappa shape index (κ1) is 23.5. The van der Waals surface area contributed by atoms with E-state index in [0.29, 0.717) is 37.8 Å². The van der Waals surface area contributed by atoms with Gasteiger partial charge in [-0.25, -0.2) is 36.9 Å². The van der Waals surface area contributed by atoms with E-state index in [0.717, 1.165) is 12.1 Å². The second-order valence-corrected chi connectivity index (χ2v) is 8.65. The fourth-order valence-corrected chi connectivity index (χ4v) is 4.06. The average molecular weight is 498 g/mol. The van der Waals surface area contributed by atoms with E-state index < -0.39 is 34.3 Å². The molecule has 2 aliphatic rings. The Morgan fingerprint density at radius 3 is 1.33 bits per heavy atom. The molecule has 0 bridgehead atoms. The van der Waals surface area contributed by atoms with Crippen molar-refractivity contribution in [3.8, 4) is 0 Å². The Balaban J connectivity index is 0.000000148. The van der Waals surface area contributed by atoms with Crippen molar-refractivity contribution >= 4 is 11.6 Å². The van der Waals surface area contributed by atoms with E-state index >= 15 is 0 Å². The largest absolute Gasteiger partial charge is 0.291 e. The quantitative estimate of drug-likeness (QED) is 0.296. The lowest BCUT2D eigenvalue weighted by atomic mass is 10.0. The molecular weight excluding hydrogens is 480 g/mol. The number of hydrogen-bond donors (Lipinski definition) is 0. The molecule has 0 amide bonds. The Morgan fingerprint density at radius 2 is 1.06 bits per heavy atom. The highest BCUT2D eigenvalue weighted by Gasteiger charge is 2.54. The molecule has 6 rings (SSSR count). The molecule has 4 aromatic rings. The molecule has 0 atom stereocenters. The molecule has 2 saturated carbocycles. The maximum atomic E-state index is 13.6. The lowest BCUT2D eigenvalue weighted by molar-refractivity contribution is 0.0884. The highest BCUT2D eigenvalue weighted by Crippen LogP contribution is 2.46. The number of benzene rings is 2. The summed E-state index contributed by atoms with van der Waals surface area (Å²) < 4.78 is 55.7. The topological polar surface area (TPSA) is 95.6 Å². The lowest BCUT2D eigenvalue weighted by Crippen LogP contribution is -2.29. The third-order valence-electron chi connectivity index (χ3n) is 6.36. The SMILES string of the molecule is O=C(c1ccc(F)cc1F)C1(n2cncn2)CC1.O=C(c1ccc(F)cc1F)C1(n2cncn2)CC1. The molecule has 0 aliphatic heterocycles. The number of rotatable bonds is 6. The number of nitrogens with zero attached hydrogens (tertiary/aromatic N) is 6. The van der Waals surface area contributed by atoms with Crippen molar-refractivity contribution in [2.24, 2.45) is 0 Å². The van der Waals surface area contributed by atoms with Crippen molar-refractivity contribution in [2.45, 2.75) is 36.8 Å². The number of Topliss-reactive ketones (excluding diaryl/α,β-unsaturated/α-hetero) is 2. The van der Waals surface area contributed by atoms with Crippen LogP contribution < -0.4 is 0 Å². The van der Waals surface area contributed by atoms with Crippen LogP contribution in [0.1, 0.15) is 46.4 Å². The van der Waals surface area contributed by atoms with Crippen LogP contribution in [-0.4, -0.2) is 41.1 Å². The molecule has 12 heteroatoms. The summed E-state index contributed by atoms with van der Waals surface area (Å²) >= 11 is 0. The predicted octanol–water partition coefficient (Wildman–Crippen LogP) is 3.86. The standard InChI is InChI=1S/2C12H9F2N3O/c2*13-8-1-2-9(10(14)5-8)11(18)12(3-4-12)17-7-15-6-16-17/h2*1-2,5-7H,3-4H2. The van der Waals surface area contributed by atoms with Crippen molar-refractivity contribution in [3.63, 3.8) is 0 Å². The fourth-order valence-electron chi connectivity index (χ4n) is 4.06. The number of aromatic nitrogens is 6. The first-order valence-corrected chi connectivity index (χ1v) is 11.0. The Morgan fingerprint density at radius 1 is 0.667 bits per heavy atom. The van der Waals surface area contributed by atoms with Crippen molar-refractivity contribution in [2.75, 3.05) is 0 Å². The molecule has 2 fully saturated rings. The molecule has 2 heterocycles. The van der Waals surface area contributed by atoms with Crippen LogP contribution in [0.25, 0.3) is 0 Å². The van der Waals surface area contributed by atoms with Gasteiger partial charge in [0.2, 0.25) is 0 Å². The van der Waals surface area contributed by atoms with Crippen molar-refractivity contribution in [3.05, 3.63) is 96.1 Å². The average Bonchev–Trinajstić information content (AvgIpc) is 3.70.